The minimum Gasteiger partial charge on any atom is -0.444 e. The third-order valence-electron chi connectivity index (χ3n) is 4.21. The van der Waals surface area contributed by atoms with Crippen molar-refractivity contribution in [3.8, 4) is 0 Å². The van der Waals surface area contributed by atoms with Gasteiger partial charge in [0.2, 0.25) is 0 Å². The first-order valence-corrected chi connectivity index (χ1v) is 8.41. The van der Waals surface area contributed by atoms with Crippen LogP contribution in [0.15, 0.2) is 21.4 Å². The zero-order valence-corrected chi connectivity index (χ0v) is 14.7. The van der Waals surface area contributed by atoms with Gasteiger partial charge in [0.25, 0.3) is 5.56 Å². The molecule has 1 amide bonds. The van der Waals surface area contributed by atoms with E-state index >= 15 is 0 Å². The van der Waals surface area contributed by atoms with E-state index in [1.165, 1.54) is 0 Å². The summed E-state index contributed by atoms with van der Waals surface area (Å²) in [6.07, 6.45) is 0.774. The van der Waals surface area contributed by atoms with E-state index in [0.717, 1.165) is 12.1 Å². The van der Waals surface area contributed by atoms with E-state index in [0.29, 0.717) is 30.0 Å². The molecule has 3 rings (SSSR count). The lowest BCUT2D eigenvalue weighted by atomic mass is 9.83. The molecule has 2 atom stereocenters. The van der Waals surface area contributed by atoms with Gasteiger partial charge in [-0.1, -0.05) is 0 Å². The summed E-state index contributed by atoms with van der Waals surface area (Å²) in [6, 6.07) is 3.80. The molecule has 1 aromatic rings. The number of aromatic nitrogens is 1. The van der Waals surface area contributed by atoms with Gasteiger partial charge in [0.1, 0.15) is 5.60 Å². The van der Waals surface area contributed by atoms with Crippen molar-refractivity contribution in [1.29, 1.82) is 0 Å². The maximum absolute atomic E-state index is 12.3. The Hall–Kier alpha value is -1.30. The maximum atomic E-state index is 12.3. The number of carbonyl (C=O) groups is 1. The average Bonchev–Trinajstić information content (AvgIpc) is 2.41. The Kier molecular flexibility index (Phi) is 3.83. The largest absolute Gasteiger partial charge is 0.444 e. The SMILES string of the molecule is CC(C)(C)OC(=O)N1C[C@H]2C[C@@H](C1)c1ccc(Br)c(=O)n1C2. The summed E-state index contributed by atoms with van der Waals surface area (Å²) in [7, 11) is 0. The van der Waals surface area contributed by atoms with Crippen molar-refractivity contribution in [3.05, 3.63) is 32.7 Å². The molecule has 120 valence electrons. The predicted octanol–water partition coefficient (Wildman–Crippen LogP) is 2.97. The lowest BCUT2D eigenvalue weighted by Crippen LogP contribution is -2.50. The lowest BCUT2D eigenvalue weighted by Gasteiger charge is -2.42. The number of ether oxygens (including phenoxy) is 1. The van der Waals surface area contributed by atoms with Crippen LogP contribution >= 0.6 is 15.9 Å². The summed E-state index contributed by atoms with van der Waals surface area (Å²) in [5.41, 5.74) is 0.569. The molecule has 0 aliphatic carbocycles. The Balaban J connectivity index is 1.84. The highest BCUT2D eigenvalue weighted by atomic mass is 79.9. The van der Waals surface area contributed by atoms with Crippen LogP contribution in [0.1, 0.15) is 38.8 Å². The number of pyridine rings is 1. The van der Waals surface area contributed by atoms with E-state index in [1.807, 2.05) is 31.4 Å². The summed E-state index contributed by atoms with van der Waals surface area (Å²) >= 11 is 3.30. The molecule has 0 unspecified atom stereocenters. The van der Waals surface area contributed by atoms with Crippen LogP contribution in [0.5, 0.6) is 0 Å². The van der Waals surface area contributed by atoms with Crippen molar-refractivity contribution < 1.29 is 9.53 Å². The van der Waals surface area contributed by atoms with Crippen molar-refractivity contribution >= 4 is 22.0 Å². The van der Waals surface area contributed by atoms with Crippen molar-refractivity contribution in [2.75, 3.05) is 13.1 Å². The number of rotatable bonds is 0. The first kappa shape index (κ1) is 15.6. The monoisotopic (exact) mass is 368 g/mol. The van der Waals surface area contributed by atoms with Crippen LogP contribution in [0, 0.1) is 5.92 Å². The molecule has 0 saturated carbocycles. The van der Waals surface area contributed by atoms with E-state index < -0.39 is 5.60 Å². The van der Waals surface area contributed by atoms with Gasteiger partial charge in [0.05, 0.1) is 4.47 Å². The second kappa shape index (κ2) is 5.41. The third-order valence-corrected chi connectivity index (χ3v) is 4.81. The van der Waals surface area contributed by atoms with E-state index in [2.05, 4.69) is 15.9 Å². The molecule has 0 radical (unpaired) electrons. The smallest absolute Gasteiger partial charge is 0.410 e. The van der Waals surface area contributed by atoms with Crippen LogP contribution in [0.2, 0.25) is 0 Å². The minimum absolute atomic E-state index is 0.0259. The molecular formula is C16H21BrN2O3. The third kappa shape index (κ3) is 2.93. The van der Waals surface area contributed by atoms with Crippen molar-refractivity contribution in [2.24, 2.45) is 5.92 Å². The second-order valence-corrected chi connectivity index (χ2v) is 8.06. The van der Waals surface area contributed by atoms with Gasteiger partial charge >= 0.3 is 6.09 Å². The van der Waals surface area contributed by atoms with Gasteiger partial charge in [0, 0.05) is 31.2 Å². The summed E-state index contributed by atoms with van der Waals surface area (Å²) in [5.74, 6) is 0.520. The number of carbonyl (C=O) groups excluding carboxylic acids is 1. The number of hydrogen-bond acceptors (Lipinski definition) is 3. The molecule has 6 heteroatoms. The molecule has 1 aromatic heterocycles. The zero-order chi connectivity index (χ0) is 16.1. The highest BCUT2D eigenvalue weighted by molar-refractivity contribution is 9.10. The summed E-state index contributed by atoms with van der Waals surface area (Å²) in [6.45, 7) is 7.58. The van der Waals surface area contributed by atoms with E-state index in [-0.39, 0.29) is 17.6 Å². The van der Waals surface area contributed by atoms with Gasteiger partial charge in [0.15, 0.2) is 0 Å². The Morgan fingerprint density at radius 1 is 1.27 bits per heavy atom. The highest BCUT2D eigenvalue weighted by Crippen LogP contribution is 2.35. The molecule has 0 aromatic carbocycles. The van der Waals surface area contributed by atoms with Crippen molar-refractivity contribution in [3.63, 3.8) is 0 Å². The number of piperidine rings is 1. The molecule has 0 spiro atoms. The molecule has 0 N–H and O–H groups in total. The molecule has 22 heavy (non-hydrogen) atoms. The predicted molar refractivity (Wildman–Crippen MR) is 87.1 cm³/mol. The zero-order valence-electron chi connectivity index (χ0n) is 13.1. The molecule has 2 bridgehead atoms. The normalized spacial score (nSPS) is 23.9. The second-order valence-electron chi connectivity index (χ2n) is 7.21. The van der Waals surface area contributed by atoms with Crippen LogP contribution in [0.25, 0.3) is 0 Å². The first-order chi connectivity index (χ1) is 10.2. The van der Waals surface area contributed by atoms with Gasteiger partial charge in [-0.15, -0.1) is 0 Å². The van der Waals surface area contributed by atoms with Crippen LogP contribution < -0.4 is 5.56 Å². The Bertz CT molecular complexity index is 662. The molecule has 5 nitrogen and oxygen atoms in total. The fraction of sp³-hybridized carbons (Fsp3) is 0.625. The lowest BCUT2D eigenvalue weighted by molar-refractivity contribution is 0.0102. The fourth-order valence-corrected chi connectivity index (χ4v) is 3.74. The minimum atomic E-state index is -0.483. The van der Waals surface area contributed by atoms with Crippen LogP contribution in [-0.2, 0) is 11.3 Å². The van der Waals surface area contributed by atoms with Crippen LogP contribution in [0.3, 0.4) is 0 Å². The van der Waals surface area contributed by atoms with Crippen molar-refractivity contribution in [1.82, 2.24) is 9.47 Å². The number of nitrogens with zero attached hydrogens (tertiary/aromatic N) is 2. The number of amides is 1. The Labute approximate surface area is 138 Å². The van der Waals surface area contributed by atoms with Gasteiger partial charge in [-0.3, -0.25) is 4.79 Å². The fourth-order valence-electron chi connectivity index (χ4n) is 3.39. The number of fused-ring (bicyclic) bond motifs is 4. The van der Waals surface area contributed by atoms with Crippen molar-refractivity contribution in [2.45, 2.75) is 45.3 Å². The molecule has 3 heterocycles. The van der Waals surface area contributed by atoms with E-state index in [4.69, 9.17) is 4.74 Å². The maximum Gasteiger partial charge on any atom is 0.410 e. The summed E-state index contributed by atoms with van der Waals surface area (Å²) < 4.78 is 7.94. The molecule has 1 fully saturated rings. The molecular weight excluding hydrogens is 348 g/mol. The summed E-state index contributed by atoms with van der Waals surface area (Å²) in [4.78, 5) is 26.4. The Morgan fingerprint density at radius 3 is 2.68 bits per heavy atom. The van der Waals surface area contributed by atoms with Crippen LogP contribution in [0.4, 0.5) is 4.79 Å². The number of halogens is 1. The van der Waals surface area contributed by atoms with Gasteiger partial charge in [-0.2, -0.15) is 0 Å². The van der Waals surface area contributed by atoms with Gasteiger partial charge in [-0.05, 0) is 61.2 Å². The van der Waals surface area contributed by atoms with Crippen LogP contribution in [-0.4, -0.2) is 34.3 Å². The average molecular weight is 369 g/mol. The number of hydrogen-bond donors (Lipinski definition) is 0. The van der Waals surface area contributed by atoms with E-state index in [9.17, 15) is 9.59 Å². The quantitative estimate of drug-likeness (QED) is 0.707. The van der Waals surface area contributed by atoms with Gasteiger partial charge < -0.3 is 14.2 Å². The molecule has 2 aliphatic heterocycles. The standard InChI is InChI=1S/C16H21BrN2O3/c1-16(2,3)22-15(21)18-7-10-6-11(9-18)13-5-4-12(17)14(20)19(13)8-10/h4-5,10-11H,6-9H2,1-3H3/t10-,11+/m1/s1. The van der Waals surface area contributed by atoms with E-state index in [1.54, 1.807) is 11.0 Å². The van der Waals surface area contributed by atoms with Gasteiger partial charge in [-0.25, -0.2) is 4.79 Å². The number of likely N-dealkylation sites (tertiary alicyclic amines) is 1. The summed E-state index contributed by atoms with van der Waals surface area (Å²) in [5, 5.41) is 0. The molecule has 1 saturated heterocycles. The topological polar surface area (TPSA) is 51.5 Å². The highest BCUT2D eigenvalue weighted by Gasteiger charge is 2.37. The Morgan fingerprint density at radius 2 is 2.00 bits per heavy atom. The first-order valence-electron chi connectivity index (χ1n) is 7.62. The molecule has 2 aliphatic rings.